The van der Waals surface area contributed by atoms with Gasteiger partial charge in [0.1, 0.15) is 11.5 Å². The average molecular weight is 191 g/mol. The third-order valence-electron chi connectivity index (χ3n) is 1.54. The van der Waals surface area contributed by atoms with Crippen LogP contribution in [0, 0.1) is 0 Å². The monoisotopic (exact) mass is 191 g/mol. The lowest BCUT2D eigenvalue weighted by Crippen LogP contribution is -1.92. The molecule has 0 fully saturated rings. The van der Waals surface area contributed by atoms with Crippen LogP contribution in [0.5, 0.6) is 5.75 Å². The molecule has 0 bridgehead atoms. The molecule has 1 aromatic carbocycles. The summed E-state index contributed by atoms with van der Waals surface area (Å²) >= 11 is 0. The molecular formula is C11H13NO2. The fourth-order valence-electron chi connectivity index (χ4n) is 0.857. The number of furan rings is 1. The summed E-state index contributed by atoms with van der Waals surface area (Å²) < 4.78 is 4.86. The second-order valence-corrected chi connectivity index (χ2v) is 2.62. The van der Waals surface area contributed by atoms with Crippen molar-refractivity contribution < 1.29 is 9.52 Å². The smallest absolute Gasteiger partial charge is 0.117 e. The van der Waals surface area contributed by atoms with E-state index in [1.165, 1.54) is 0 Å². The van der Waals surface area contributed by atoms with Crippen LogP contribution in [0.2, 0.25) is 0 Å². The molecule has 0 aliphatic carbocycles. The molecule has 1 heterocycles. The van der Waals surface area contributed by atoms with Crippen molar-refractivity contribution in [3.8, 4) is 5.75 Å². The lowest BCUT2D eigenvalue weighted by Gasteiger charge is -1.82. The minimum absolute atomic E-state index is 0.322. The van der Waals surface area contributed by atoms with Gasteiger partial charge in [0.25, 0.3) is 0 Å². The van der Waals surface area contributed by atoms with Gasteiger partial charge in [-0.2, -0.15) is 0 Å². The molecule has 0 spiro atoms. The molecule has 0 saturated heterocycles. The van der Waals surface area contributed by atoms with Gasteiger partial charge in [0.2, 0.25) is 0 Å². The molecule has 3 nitrogen and oxygen atoms in total. The molecule has 0 unspecified atom stereocenters. The van der Waals surface area contributed by atoms with Gasteiger partial charge in [0.05, 0.1) is 12.8 Å². The van der Waals surface area contributed by atoms with Crippen molar-refractivity contribution in [2.24, 2.45) is 5.73 Å². The van der Waals surface area contributed by atoms with Crippen LogP contribution in [-0.2, 0) is 6.54 Å². The Morgan fingerprint density at radius 3 is 2.07 bits per heavy atom. The van der Waals surface area contributed by atoms with Gasteiger partial charge < -0.3 is 15.3 Å². The molecule has 2 aromatic rings. The molecule has 0 saturated carbocycles. The second-order valence-electron chi connectivity index (χ2n) is 2.62. The number of aromatic hydroxyl groups is 1. The van der Waals surface area contributed by atoms with Crippen LogP contribution in [0.4, 0.5) is 0 Å². The topological polar surface area (TPSA) is 59.4 Å². The molecular weight excluding hydrogens is 178 g/mol. The molecule has 2 rings (SSSR count). The number of para-hydroxylation sites is 1. The van der Waals surface area contributed by atoms with Crippen molar-refractivity contribution in [1.82, 2.24) is 0 Å². The molecule has 14 heavy (non-hydrogen) atoms. The van der Waals surface area contributed by atoms with Crippen molar-refractivity contribution in [3.05, 3.63) is 54.5 Å². The molecule has 3 heteroatoms. The summed E-state index contributed by atoms with van der Waals surface area (Å²) in [5, 5.41) is 8.63. The Morgan fingerprint density at radius 2 is 1.79 bits per heavy atom. The zero-order chi connectivity index (χ0) is 10.2. The summed E-state index contributed by atoms with van der Waals surface area (Å²) in [6.45, 7) is 0.493. The summed E-state index contributed by atoms with van der Waals surface area (Å²) in [6.07, 6.45) is 1.61. The Labute approximate surface area is 82.8 Å². The Bertz CT molecular complexity index is 329. The number of hydrogen-bond donors (Lipinski definition) is 2. The van der Waals surface area contributed by atoms with E-state index < -0.39 is 0 Å². The lowest BCUT2D eigenvalue weighted by atomic mass is 10.3. The van der Waals surface area contributed by atoms with Crippen molar-refractivity contribution in [3.63, 3.8) is 0 Å². The maximum Gasteiger partial charge on any atom is 0.117 e. The Morgan fingerprint density at radius 1 is 1.07 bits per heavy atom. The van der Waals surface area contributed by atoms with E-state index in [1.54, 1.807) is 30.5 Å². The predicted octanol–water partition coefficient (Wildman–Crippen LogP) is 2.13. The van der Waals surface area contributed by atoms with E-state index in [4.69, 9.17) is 15.3 Å². The minimum Gasteiger partial charge on any atom is -0.508 e. The van der Waals surface area contributed by atoms with Gasteiger partial charge in [-0.1, -0.05) is 18.2 Å². The molecule has 74 valence electrons. The van der Waals surface area contributed by atoms with Crippen molar-refractivity contribution >= 4 is 0 Å². The third-order valence-corrected chi connectivity index (χ3v) is 1.54. The fraction of sp³-hybridized carbons (Fsp3) is 0.0909. The number of hydrogen-bond acceptors (Lipinski definition) is 3. The summed E-state index contributed by atoms with van der Waals surface area (Å²) in [5.41, 5.74) is 5.20. The second kappa shape index (κ2) is 5.83. The van der Waals surface area contributed by atoms with Gasteiger partial charge in [-0.25, -0.2) is 0 Å². The maximum absolute atomic E-state index is 8.63. The predicted molar refractivity (Wildman–Crippen MR) is 54.7 cm³/mol. The first-order valence-electron chi connectivity index (χ1n) is 4.29. The standard InChI is InChI=1S/C6H6O.C5H7NO/c7-6-4-2-1-3-5-6;6-4-5-2-1-3-7-5/h1-5,7H;1-3H,4,6H2. The first-order chi connectivity index (χ1) is 6.83. The molecule has 0 aliphatic heterocycles. The van der Waals surface area contributed by atoms with Crippen LogP contribution in [0.1, 0.15) is 5.76 Å². The highest BCUT2D eigenvalue weighted by atomic mass is 16.3. The van der Waals surface area contributed by atoms with Crippen molar-refractivity contribution in [2.45, 2.75) is 6.54 Å². The third kappa shape index (κ3) is 3.78. The highest BCUT2D eigenvalue weighted by Crippen LogP contribution is 2.02. The van der Waals surface area contributed by atoms with Crippen LogP contribution in [0.3, 0.4) is 0 Å². The maximum atomic E-state index is 8.63. The summed E-state index contributed by atoms with van der Waals surface area (Å²) in [6, 6.07) is 12.4. The van der Waals surface area contributed by atoms with Gasteiger partial charge in [-0.3, -0.25) is 0 Å². The first kappa shape index (κ1) is 10.3. The summed E-state index contributed by atoms with van der Waals surface area (Å²) in [4.78, 5) is 0. The Kier molecular flexibility index (Phi) is 4.31. The number of phenols is 1. The SMILES string of the molecule is NCc1ccco1.Oc1ccccc1. The number of nitrogens with two attached hydrogens (primary N) is 1. The van der Waals surface area contributed by atoms with Gasteiger partial charge in [0.15, 0.2) is 0 Å². The van der Waals surface area contributed by atoms with E-state index >= 15 is 0 Å². The zero-order valence-corrected chi connectivity index (χ0v) is 7.76. The zero-order valence-electron chi connectivity index (χ0n) is 7.76. The quantitative estimate of drug-likeness (QED) is 0.725. The van der Waals surface area contributed by atoms with Crippen molar-refractivity contribution in [1.29, 1.82) is 0 Å². The Balaban J connectivity index is 0.000000140. The molecule has 0 aliphatic rings. The average Bonchev–Trinajstić information content (AvgIpc) is 2.72. The highest BCUT2D eigenvalue weighted by molar-refractivity contribution is 5.18. The number of benzene rings is 1. The number of rotatable bonds is 1. The Hall–Kier alpha value is -1.74. The van der Waals surface area contributed by atoms with Gasteiger partial charge in [-0.15, -0.1) is 0 Å². The largest absolute Gasteiger partial charge is 0.508 e. The van der Waals surface area contributed by atoms with E-state index in [0.717, 1.165) is 5.76 Å². The van der Waals surface area contributed by atoms with Crippen LogP contribution in [0.25, 0.3) is 0 Å². The first-order valence-corrected chi connectivity index (χ1v) is 4.29. The summed E-state index contributed by atoms with van der Waals surface area (Å²) in [5.74, 6) is 1.16. The van der Waals surface area contributed by atoms with E-state index in [-0.39, 0.29) is 0 Å². The molecule has 0 atom stereocenters. The van der Waals surface area contributed by atoms with E-state index in [0.29, 0.717) is 12.3 Å². The van der Waals surface area contributed by atoms with Crippen LogP contribution < -0.4 is 5.73 Å². The van der Waals surface area contributed by atoms with Gasteiger partial charge in [0, 0.05) is 0 Å². The minimum atomic E-state index is 0.322. The normalized spacial score (nSPS) is 8.93. The number of phenolic OH excluding ortho intramolecular Hbond substituents is 1. The van der Waals surface area contributed by atoms with Gasteiger partial charge >= 0.3 is 0 Å². The van der Waals surface area contributed by atoms with Crippen LogP contribution >= 0.6 is 0 Å². The molecule has 3 N–H and O–H groups in total. The van der Waals surface area contributed by atoms with Crippen LogP contribution in [0.15, 0.2) is 53.1 Å². The lowest BCUT2D eigenvalue weighted by molar-refractivity contribution is 0.475. The summed E-state index contributed by atoms with van der Waals surface area (Å²) in [7, 11) is 0. The van der Waals surface area contributed by atoms with E-state index in [2.05, 4.69) is 0 Å². The highest BCUT2D eigenvalue weighted by Gasteiger charge is 1.84. The van der Waals surface area contributed by atoms with E-state index in [9.17, 15) is 0 Å². The van der Waals surface area contributed by atoms with E-state index in [1.807, 2.05) is 18.2 Å². The fourth-order valence-corrected chi connectivity index (χ4v) is 0.857. The van der Waals surface area contributed by atoms with Crippen molar-refractivity contribution in [2.75, 3.05) is 0 Å². The molecule has 0 radical (unpaired) electrons. The molecule has 0 amide bonds. The van der Waals surface area contributed by atoms with Gasteiger partial charge in [-0.05, 0) is 24.3 Å². The van der Waals surface area contributed by atoms with Crippen LogP contribution in [-0.4, -0.2) is 5.11 Å². The molecule has 1 aromatic heterocycles.